The van der Waals surface area contributed by atoms with Crippen molar-refractivity contribution in [1.82, 2.24) is 9.88 Å². The van der Waals surface area contributed by atoms with Crippen LogP contribution in [0, 0.1) is 0 Å². The first-order valence-corrected chi connectivity index (χ1v) is 11.1. The Morgan fingerprint density at radius 1 is 1.06 bits per heavy atom. The largest absolute Gasteiger partial charge is 0.497 e. The Morgan fingerprint density at radius 2 is 1.84 bits per heavy atom. The number of ether oxygens (including phenoxy) is 1. The van der Waals surface area contributed by atoms with Gasteiger partial charge in [-0.25, -0.2) is 4.79 Å². The van der Waals surface area contributed by atoms with Gasteiger partial charge in [0.2, 0.25) is 0 Å². The number of carbonyl (C=O) groups excluding carboxylic acids is 1. The molecule has 0 fully saturated rings. The Balaban J connectivity index is 1.58. The number of nitrogens with zero attached hydrogens (tertiary/aromatic N) is 1. The number of methoxy groups -OCH3 is 1. The zero-order valence-electron chi connectivity index (χ0n) is 17.4. The van der Waals surface area contributed by atoms with Crippen LogP contribution in [0.5, 0.6) is 5.75 Å². The summed E-state index contributed by atoms with van der Waals surface area (Å²) in [6.07, 6.45) is 0.727. The molecule has 0 bridgehead atoms. The number of hydrogen-bond donors (Lipinski definition) is 2. The summed E-state index contributed by atoms with van der Waals surface area (Å²) in [5.41, 5.74) is 4.85. The first-order chi connectivity index (χ1) is 15.5. The van der Waals surface area contributed by atoms with Gasteiger partial charge in [-0.15, -0.1) is 0 Å². The van der Waals surface area contributed by atoms with Crippen molar-refractivity contribution in [1.29, 1.82) is 0 Å². The predicted molar refractivity (Wildman–Crippen MR) is 129 cm³/mol. The van der Waals surface area contributed by atoms with Crippen LogP contribution in [0.2, 0.25) is 10.0 Å². The number of nitrogens with one attached hydrogen (secondary N) is 2. The molecule has 4 aromatic rings. The normalized spacial score (nSPS) is 15.5. The average molecular weight is 466 g/mol. The highest BCUT2D eigenvalue weighted by molar-refractivity contribution is 6.31. The van der Waals surface area contributed by atoms with Crippen LogP contribution < -0.4 is 10.1 Å². The first kappa shape index (κ1) is 20.7. The molecule has 32 heavy (non-hydrogen) atoms. The van der Waals surface area contributed by atoms with Gasteiger partial charge in [0.15, 0.2) is 0 Å². The van der Waals surface area contributed by atoms with Crippen molar-refractivity contribution in [3.63, 3.8) is 0 Å². The smallest absolute Gasteiger partial charge is 0.322 e. The molecule has 1 aliphatic heterocycles. The second-order valence-corrected chi connectivity index (χ2v) is 8.64. The number of H-pyrrole nitrogens is 1. The summed E-state index contributed by atoms with van der Waals surface area (Å²) in [7, 11) is 1.64. The molecule has 0 saturated heterocycles. The molecule has 7 heteroatoms. The number of hydrogen-bond acceptors (Lipinski definition) is 2. The van der Waals surface area contributed by atoms with E-state index in [1.54, 1.807) is 19.2 Å². The van der Waals surface area contributed by atoms with Gasteiger partial charge in [-0.2, -0.15) is 0 Å². The molecule has 1 aromatic heterocycles. The van der Waals surface area contributed by atoms with Crippen LogP contribution in [0.3, 0.4) is 0 Å². The average Bonchev–Trinajstić information content (AvgIpc) is 3.16. The lowest BCUT2D eigenvalue weighted by Crippen LogP contribution is -2.43. The Hall–Kier alpha value is -3.15. The standard InChI is InChI=1S/C25H21Cl2N3O2/c1-32-19-8-5-15(6-9-19)24-23-20(21-14-17(27)7-10-22(21)29-23)11-12-30(24)25(31)28-18-4-2-3-16(26)13-18/h2-10,13-14,24,29H,11-12H2,1H3,(H,28,31). The molecule has 2 N–H and O–H groups in total. The maximum Gasteiger partial charge on any atom is 0.322 e. The predicted octanol–water partition coefficient (Wildman–Crippen LogP) is 6.66. The van der Waals surface area contributed by atoms with Gasteiger partial charge in [0.05, 0.1) is 13.2 Å². The molecule has 2 heterocycles. The lowest BCUT2D eigenvalue weighted by Gasteiger charge is -2.36. The van der Waals surface area contributed by atoms with Crippen LogP contribution in [0.15, 0.2) is 66.7 Å². The number of urea groups is 1. The van der Waals surface area contributed by atoms with E-state index in [4.69, 9.17) is 27.9 Å². The van der Waals surface area contributed by atoms with Gasteiger partial charge in [-0.1, -0.05) is 41.4 Å². The number of aromatic nitrogens is 1. The quantitative estimate of drug-likeness (QED) is 0.355. The maximum absolute atomic E-state index is 13.4. The van der Waals surface area contributed by atoms with E-state index < -0.39 is 0 Å². The lowest BCUT2D eigenvalue weighted by molar-refractivity contribution is 0.193. The molecule has 3 aromatic carbocycles. The summed E-state index contributed by atoms with van der Waals surface area (Å²) >= 11 is 12.4. The second-order valence-electron chi connectivity index (χ2n) is 7.77. The van der Waals surface area contributed by atoms with Crippen molar-refractivity contribution < 1.29 is 9.53 Å². The van der Waals surface area contributed by atoms with E-state index in [1.807, 2.05) is 59.5 Å². The Morgan fingerprint density at radius 3 is 2.59 bits per heavy atom. The van der Waals surface area contributed by atoms with Crippen molar-refractivity contribution >= 4 is 45.8 Å². The number of fused-ring (bicyclic) bond motifs is 3. The zero-order valence-corrected chi connectivity index (χ0v) is 18.9. The topological polar surface area (TPSA) is 57.4 Å². The molecule has 5 rings (SSSR count). The Kier molecular flexibility index (Phi) is 5.45. The number of carbonyl (C=O) groups is 1. The third-order valence-corrected chi connectivity index (χ3v) is 6.33. The van der Waals surface area contributed by atoms with Crippen molar-refractivity contribution in [2.24, 2.45) is 0 Å². The van der Waals surface area contributed by atoms with Crippen LogP contribution >= 0.6 is 23.2 Å². The van der Waals surface area contributed by atoms with Crippen LogP contribution in [0.4, 0.5) is 10.5 Å². The van der Waals surface area contributed by atoms with E-state index in [0.717, 1.165) is 34.3 Å². The lowest BCUT2D eigenvalue weighted by atomic mass is 9.92. The Bertz CT molecular complexity index is 1300. The highest BCUT2D eigenvalue weighted by Gasteiger charge is 2.34. The fourth-order valence-electron chi connectivity index (χ4n) is 4.37. The van der Waals surface area contributed by atoms with Crippen LogP contribution in [-0.2, 0) is 6.42 Å². The molecule has 1 atom stereocenters. The third kappa shape index (κ3) is 3.78. The third-order valence-electron chi connectivity index (χ3n) is 5.86. The van der Waals surface area contributed by atoms with Crippen LogP contribution in [0.1, 0.15) is 22.9 Å². The van der Waals surface area contributed by atoms with E-state index in [0.29, 0.717) is 22.3 Å². The highest BCUT2D eigenvalue weighted by Crippen LogP contribution is 2.39. The fourth-order valence-corrected chi connectivity index (χ4v) is 4.74. The molecular formula is C25H21Cl2N3O2. The molecule has 0 spiro atoms. The molecule has 0 radical (unpaired) electrons. The van der Waals surface area contributed by atoms with Crippen molar-refractivity contribution in [3.05, 3.63) is 93.6 Å². The van der Waals surface area contributed by atoms with Crippen molar-refractivity contribution in [2.75, 3.05) is 19.0 Å². The molecule has 162 valence electrons. The van der Waals surface area contributed by atoms with Gasteiger partial charge in [0, 0.05) is 38.9 Å². The minimum absolute atomic E-state index is 0.185. The van der Waals surface area contributed by atoms with Crippen LogP contribution in [0.25, 0.3) is 10.9 Å². The monoisotopic (exact) mass is 465 g/mol. The summed E-state index contributed by atoms with van der Waals surface area (Å²) in [6.45, 7) is 0.565. The number of halogens is 2. The molecule has 0 saturated carbocycles. The van der Waals surface area contributed by atoms with Gasteiger partial charge in [0.1, 0.15) is 5.75 Å². The number of rotatable bonds is 3. The summed E-state index contributed by atoms with van der Waals surface area (Å²) in [6, 6.07) is 20.3. The number of aromatic amines is 1. The van der Waals surface area contributed by atoms with Crippen molar-refractivity contribution in [3.8, 4) is 5.75 Å². The zero-order chi connectivity index (χ0) is 22.2. The number of amides is 2. The molecule has 2 amide bonds. The summed E-state index contributed by atoms with van der Waals surface area (Å²) in [5, 5.41) is 5.36. The first-order valence-electron chi connectivity index (χ1n) is 10.3. The van der Waals surface area contributed by atoms with Gasteiger partial charge in [-0.05, 0) is 66.1 Å². The Labute approximate surface area is 195 Å². The number of anilines is 1. The van der Waals surface area contributed by atoms with E-state index in [1.165, 1.54) is 5.56 Å². The van der Waals surface area contributed by atoms with Gasteiger partial charge >= 0.3 is 6.03 Å². The summed E-state index contributed by atoms with van der Waals surface area (Å²) < 4.78 is 5.32. The summed E-state index contributed by atoms with van der Waals surface area (Å²) in [4.78, 5) is 18.8. The van der Waals surface area contributed by atoms with Crippen LogP contribution in [-0.4, -0.2) is 29.6 Å². The van der Waals surface area contributed by atoms with E-state index in [9.17, 15) is 4.79 Å². The second kappa shape index (κ2) is 8.41. The molecule has 1 aliphatic rings. The molecule has 1 unspecified atom stereocenters. The van der Waals surface area contributed by atoms with Crippen molar-refractivity contribution in [2.45, 2.75) is 12.5 Å². The fraction of sp³-hybridized carbons (Fsp3) is 0.160. The van der Waals surface area contributed by atoms with E-state index in [-0.39, 0.29) is 12.1 Å². The molecular weight excluding hydrogens is 445 g/mol. The maximum atomic E-state index is 13.4. The SMILES string of the molecule is COc1ccc(C2c3[nH]c4ccc(Cl)cc4c3CCN2C(=O)Nc2cccc(Cl)c2)cc1. The summed E-state index contributed by atoms with van der Waals surface area (Å²) in [5.74, 6) is 0.767. The number of benzene rings is 3. The van der Waals surface area contributed by atoms with Gasteiger partial charge in [0.25, 0.3) is 0 Å². The van der Waals surface area contributed by atoms with Gasteiger partial charge in [-0.3, -0.25) is 0 Å². The molecule has 0 aliphatic carbocycles. The highest BCUT2D eigenvalue weighted by atomic mass is 35.5. The minimum atomic E-state index is -0.282. The minimum Gasteiger partial charge on any atom is -0.497 e. The van der Waals surface area contributed by atoms with E-state index >= 15 is 0 Å². The molecule has 5 nitrogen and oxygen atoms in total. The van der Waals surface area contributed by atoms with Gasteiger partial charge < -0.3 is 19.9 Å². The van der Waals surface area contributed by atoms with E-state index in [2.05, 4.69) is 10.3 Å².